The molecule has 0 bridgehead atoms. The number of allylic oxidation sites excluding steroid dienone is 1. The molecule has 182 valence electrons. The van der Waals surface area contributed by atoms with E-state index >= 15 is 0 Å². The van der Waals surface area contributed by atoms with Crippen molar-refractivity contribution in [2.24, 2.45) is 0 Å². The summed E-state index contributed by atoms with van der Waals surface area (Å²) in [5, 5.41) is 52.4. The van der Waals surface area contributed by atoms with Gasteiger partial charge in [0.1, 0.15) is 24.4 Å². The number of carbonyl (C=O) groups excluding carboxylic acids is 1. The molecular formula is C22H41NO8. The van der Waals surface area contributed by atoms with Crippen LogP contribution in [0.3, 0.4) is 0 Å². The zero-order valence-corrected chi connectivity index (χ0v) is 18.7. The molecule has 7 atom stereocenters. The van der Waals surface area contributed by atoms with Gasteiger partial charge in [-0.05, 0) is 19.3 Å². The Morgan fingerprint density at radius 2 is 1.77 bits per heavy atom. The lowest BCUT2D eigenvalue weighted by Crippen LogP contribution is -2.60. The first-order chi connectivity index (χ1) is 14.8. The van der Waals surface area contributed by atoms with Crippen LogP contribution in [0.2, 0.25) is 0 Å². The number of aliphatic hydroxyl groups is 5. The highest BCUT2D eigenvalue weighted by atomic mass is 16.7. The van der Waals surface area contributed by atoms with Crippen LogP contribution in [0.1, 0.15) is 65.2 Å². The summed E-state index contributed by atoms with van der Waals surface area (Å²) in [5.74, 6) is -0.239. The van der Waals surface area contributed by atoms with Crippen molar-refractivity contribution in [2.75, 3.05) is 13.2 Å². The minimum absolute atomic E-state index is 0.194. The maximum atomic E-state index is 12.1. The molecule has 0 spiro atoms. The Hall–Kier alpha value is -1.07. The lowest BCUT2D eigenvalue weighted by Gasteiger charge is -2.40. The van der Waals surface area contributed by atoms with Crippen molar-refractivity contribution in [3.05, 3.63) is 12.2 Å². The molecule has 1 aliphatic heterocycles. The maximum absolute atomic E-state index is 12.1. The van der Waals surface area contributed by atoms with Gasteiger partial charge in [0.2, 0.25) is 5.91 Å². The Bertz CT molecular complexity index is 516. The van der Waals surface area contributed by atoms with Crippen LogP contribution in [-0.4, -0.2) is 87.5 Å². The summed E-state index contributed by atoms with van der Waals surface area (Å²) in [6.45, 7) is 3.27. The first kappa shape index (κ1) is 28.0. The van der Waals surface area contributed by atoms with Gasteiger partial charge < -0.3 is 40.3 Å². The van der Waals surface area contributed by atoms with E-state index in [9.17, 15) is 30.3 Å². The molecular weight excluding hydrogens is 406 g/mol. The van der Waals surface area contributed by atoms with Gasteiger partial charge in [-0.1, -0.05) is 51.7 Å². The smallest absolute Gasteiger partial charge is 0.220 e. The predicted octanol–water partition coefficient (Wildman–Crippen LogP) is 0.365. The van der Waals surface area contributed by atoms with E-state index in [1.54, 1.807) is 6.08 Å². The van der Waals surface area contributed by atoms with E-state index in [4.69, 9.17) is 9.47 Å². The fourth-order valence-electron chi connectivity index (χ4n) is 3.37. The fraction of sp³-hybridized carbons (Fsp3) is 0.864. The molecule has 0 aliphatic carbocycles. The summed E-state index contributed by atoms with van der Waals surface area (Å²) >= 11 is 0. The summed E-state index contributed by atoms with van der Waals surface area (Å²) in [5.41, 5.74) is 0. The summed E-state index contributed by atoms with van der Waals surface area (Å²) in [6, 6.07) is -0.789. The Morgan fingerprint density at radius 3 is 2.42 bits per heavy atom. The second-order valence-corrected chi connectivity index (χ2v) is 8.08. The lowest BCUT2D eigenvalue weighted by molar-refractivity contribution is -0.302. The minimum atomic E-state index is -1.55. The minimum Gasteiger partial charge on any atom is -0.394 e. The van der Waals surface area contributed by atoms with E-state index in [2.05, 4.69) is 12.2 Å². The number of hydrogen-bond donors (Lipinski definition) is 6. The van der Waals surface area contributed by atoms with Crippen molar-refractivity contribution in [1.29, 1.82) is 0 Å². The molecule has 9 nitrogen and oxygen atoms in total. The average molecular weight is 448 g/mol. The molecule has 1 heterocycles. The first-order valence-electron chi connectivity index (χ1n) is 11.4. The molecule has 1 rings (SSSR count). The number of unbranched alkanes of at least 4 members (excludes halogenated alkanes) is 5. The molecule has 31 heavy (non-hydrogen) atoms. The summed E-state index contributed by atoms with van der Waals surface area (Å²) < 4.78 is 10.8. The molecule has 9 heteroatoms. The summed E-state index contributed by atoms with van der Waals surface area (Å²) in [6.07, 6.45) is 3.01. The molecule has 0 radical (unpaired) electrons. The quantitative estimate of drug-likeness (QED) is 0.156. The third kappa shape index (κ3) is 9.95. The van der Waals surface area contributed by atoms with E-state index in [0.29, 0.717) is 12.8 Å². The molecule has 6 N–H and O–H groups in total. The van der Waals surface area contributed by atoms with Gasteiger partial charge in [-0.2, -0.15) is 0 Å². The number of aliphatic hydroxyl groups excluding tert-OH is 5. The van der Waals surface area contributed by atoms with Crippen LogP contribution in [0.5, 0.6) is 0 Å². The van der Waals surface area contributed by atoms with Crippen LogP contribution in [0.15, 0.2) is 12.2 Å². The van der Waals surface area contributed by atoms with Crippen LogP contribution in [0.4, 0.5) is 0 Å². The standard InChI is InChI=1S/C22H41NO8/c1-3-5-6-7-8-9-10-12-16(25)15(23-18(26)11-4-2)14-30-22-21(29)20(28)19(27)17(13-24)31-22/h10,12,15-17,19-22,24-25,27-29H,3-9,11,13-14H2,1-2H3,(H,23,26)/b12-10+. The van der Waals surface area contributed by atoms with Crippen LogP contribution in [0, 0.1) is 0 Å². The lowest BCUT2D eigenvalue weighted by atomic mass is 9.99. The Labute approximate surface area is 185 Å². The molecule has 0 saturated carbocycles. The van der Waals surface area contributed by atoms with Crippen molar-refractivity contribution in [3.63, 3.8) is 0 Å². The molecule has 0 aromatic heterocycles. The molecule has 1 saturated heterocycles. The van der Waals surface area contributed by atoms with E-state index in [-0.39, 0.29) is 12.5 Å². The van der Waals surface area contributed by atoms with Gasteiger partial charge in [0, 0.05) is 6.42 Å². The van der Waals surface area contributed by atoms with Gasteiger partial charge in [0.25, 0.3) is 0 Å². The number of nitrogens with one attached hydrogen (secondary N) is 1. The zero-order chi connectivity index (χ0) is 23.2. The number of amides is 1. The molecule has 1 amide bonds. The van der Waals surface area contributed by atoms with E-state index in [0.717, 1.165) is 19.3 Å². The number of ether oxygens (including phenoxy) is 2. The number of rotatable bonds is 15. The molecule has 1 aliphatic rings. The Kier molecular flexibility index (Phi) is 14.1. The second kappa shape index (κ2) is 15.7. The summed E-state index contributed by atoms with van der Waals surface area (Å²) in [4.78, 5) is 12.1. The van der Waals surface area contributed by atoms with Crippen LogP contribution >= 0.6 is 0 Å². The van der Waals surface area contributed by atoms with Crippen molar-refractivity contribution in [3.8, 4) is 0 Å². The monoisotopic (exact) mass is 447 g/mol. The molecule has 7 unspecified atom stereocenters. The SMILES string of the molecule is CCCCCCC/C=C/C(O)C(COC1OC(CO)C(O)C(O)C1O)NC(=O)CCC. The first-order valence-corrected chi connectivity index (χ1v) is 11.4. The zero-order valence-electron chi connectivity index (χ0n) is 18.7. The highest BCUT2D eigenvalue weighted by Gasteiger charge is 2.44. The van der Waals surface area contributed by atoms with Gasteiger partial charge >= 0.3 is 0 Å². The van der Waals surface area contributed by atoms with Crippen LogP contribution in [0.25, 0.3) is 0 Å². The van der Waals surface area contributed by atoms with E-state index in [1.165, 1.54) is 19.3 Å². The van der Waals surface area contributed by atoms with Crippen LogP contribution < -0.4 is 5.32 Å². The Balaban J connectivity index is 2.65. The van der Waals surface area contributed by atoms with Gasteiger partial charge in [0.15, 0.2) is 6.29 Å². The molecule has 1 fully saturated rings. The predicted molar refractivity (Wildman–Crippen MR) is 115 cm³/mol. The largest absolute Gasteiger partial charge is 0.394 e. The van der Waals surface area contributed by atoms with Crippen LogP contribution in [-0.2, 0) is 14.3 Å². The molecule has 0 aromatic rings. The van der Waals surface area contributed by atoms with Gasteiger partial charge in [-0.25, -0.2) is 0 Å². The van der Waals surface area contributed by atoms with Crippen molar-refractivity contribution < 1.29 is 39.8 Å². The topological polar surface area (TPSA) is 149 Å². The van der Waals surface area contributed by atoms with E-state index < -0.39 is 49.5 Å². The summed E-state index contributed by atoms with van der Waals surface area (Å²) in [7, 11) is 0. The van der Waals surface area contributed by atoms with Gasteiger partial charge in [0.05, 0.1) is 25.4 Å². The average Bonchev–Trinajstić information content (AvgIpc) is 2.75. The van der Waals surface area contributed by atoms with Gasteiger partial charge in [-0.15, -0.1) is 0 Å². The second-order valence-electron chi connectivity index (χ2n) is 8.08. The van der Waals surface area contributed by atoms with Crippen molar-refractivity contribution >= 4 is 5.91 Å². The van der Waals surface area contributed by atoms with Crippen molar-refractivity contribution in [2.45, 2.75) is 108 Å². The third-order valence-corrected chi connectivity index (χ3v) is 5.33. The molecule has 0 aromatic carbocycles. The highest BCUT2D eigenvalue weighted by molar-refractivity contribution is 5.76. The fourth-order valence-corrected chi connectivity index (χ4v) is 3.37. The third-order valence-electron chi connectivity index (χ3n) is 5.33. The number of hydrogen-bond acceptors (Lipinski definition) is 8. The normalized spacial score (nSPS) is 28.5. The maximum Gasteiger partial charge on any atom is 0.220 e. The van der Waals surface area contributed by atoms with Gasteiger partial charge in [-0.3, -0.25) is 4.79 Å². The number of carbonyl (C=O) groups is 1. The highest BCUT2D eigenvalue weighted by Crippen LogP contribution is 2.22. The van der Waals surface area contributed by atoms with Crippen molar-refractivity contribution in [1.82, 2.24) is 5.32 Å². The van der Waals surface area contributed by atoms with E-state index in [1.807, 2.05) is 13.0 Å². The Morgan fingerprint density at radius 1 is 1.06 bits per heavy atom.